The van der Waals surface area contributed by atoms with Crippen LogP contribution in [0.15, 0.2) is 0 Å². The smallest absolute Gasteiger partial charge is 0.265 e. The summed E-state index contributed by atoms with van der Waals surface area (Å²) in [6.07, 6.45) is 0. The maximum absolute atomic E-state index is 9.86. The van der Waals surface area contributed by atoms with E-state index in [-0.39, 0.29) is 17.1 Å². The predicted molar refractivity (Wildman–Crippen MR) is 32.8 cm³/mol. The van der Waals surface area contributed by atoms with Gasteiger partial charge in [0.05, 0.1) is 11.5 Å². The minimum absolute atomic E-state index is 0. The van der Waals surface area contributed by atoms with Gasteiger partial charge in [-0.2, -0.15) is 16.8 Å². The first-order chi connectivity index (χ1) is 4.21. The molecule has 0 unspecified atom stereocenters. The SMILES string of the molecule is O=S(=O)(O)CCS(=O)(=O)O.[Cu]. The molecule has 0 aromatic heterocycles. The molecule has 11 heavy (non-hydrogen) atoms. The van der Waals surface area contributed by atoms with Crippen molar-refractivity contribution in [1.29, 1.82) is 0 Å². The van der Waals surface area contributed by atoms with Gasteiger partial charge in [0.25, 0.3) is 20.2 Å². The summed E-state index contributed by atoms with van der Waals surface area (Å²) in [6, 6.07) is 0. The quantitative estimate of drug-likeness (QED) is 0.481. The van der Waals surface area contributed by atoms with Crippen molar-refractivity contribution in [2.24, 2.45) is 0 Å². The van der Waals surface area contributed by atoms with Crippen molar-refractivity contribution in [2.45, 2.75) is 0 Å². The standard InChI is InChI=1S/C2H6O6S2.Cu/c3-9(4,5)1-2-10(6,7)8;/h1-2H2,(H,3,4,5)(H,6,7,8);. The van der Waals surface area contributed by atoms with Crippen LogP contribution in [0.2, 0.25) is 0 Å². The molecule has 2 N–H and O–H groups in total. The molecule has 0 amide bonds. The molecule has 0 spiro atoms. The molecular formula is C2H6CuO6S2. The van der Waals surface area contributed by atoms with E-state index >= 15 is 0 Å². The van der Waals surface area contributed by atoms with E-state index in [1.54, 1.807) is 0 Å². The molecular weight excluding hydrogens is 248 g/mol. The molecule has 0 aliphatic rings. The summed E-state index contributed by atoms with van der Waals surface area (Å²) < 4.78 is 55.4. The average Bonchev–Trinajstić information content (AvgIpc) is 1.57. The summed E-state index contributed by atoms with van der Waals surface area (Å²) >= 11 is 0. The Morgan fingerprint density at radius 2 is 1.00 bits per heavy atom. The predicted octanol–water partition coefficient (Wildman–Crippen LogP) is -1.24. The molecule has 0 fully saturated rings. The molecule has 0 rings (SSSR count). The molecule has 6 nitrogen and oxygen atoms in total. The van der Waals surface area contributed by atoms with Gasteiger partial charge < -0.3 is 0 Å². The zero-order valence-corrected chi connectivity index (χ0v) is 7.63. The minimum atomic E-state index is -4.30. The van der Waals surface area contributed by atoms with E-state index in [1.165, 1.54) is 0 Å². The molecule has 0 saturated carbocycles. The largest absolute Gasteiger partial charge is 0.286 e. The van der Waals surface area contributed by atoms with Crippen LogP contribution in [0.1, 0.15) is 0 Å². The van der Waals surface area contributed by atoms with Gasteiger partial charge in [-0.3, -0.25) is 9.11 Å². The van der Waals surface area contributed by atoms with Crippen LogP contribution in [0, 0.1) is 0 Å². The minimum Gasteiger partial charge on any atom is -0.286 e. The summed E-state index contributed by atoms with van der Waals surface area (Å²) in [4.78, 5) is 0. The Bertz CT molecular complexity index is 255. The maximum Gasteiger partial charge on any atom is 0.265 e. The number of hydrogen-bond acceptors (Lipinski definition) is 4. The third-order valence-corrected chi connectivity index (χ3v) is 2.30. The molecule has 0 aromatic carbocycles. The fourth-order valence-electron chi connectivity index (χ4n) is 0.211. The number of hydrogen-bond donors (Lipinski definition) is 2. The van der Waals surface area contributed by atoms with Crippen LogP contribution in [0.4, 0.5) is 0 Å². The van der Waals surface area contributed by atoms with Crippen LogP contribution in [0.25, 0.3) is 0 Å². The van der Waals surface area contributed by atoms with E-state index in [9.17, 15) is 16.8 Å². The van der Waals surface area contributed by atoms with Gasteiger partial charge in [0.2, 0.25) is 0 Å². The van der Waals surface area contributed by atoms with Crippen LogP contribution in [0.5, 0.6) is 0 Å². The van der Waals surface area contributed by atoms with E-state index in [0.717, 1.165) is 0 Å². The Labute approximate surface area is 75.0 Å². The van der Waals surface area contributed by atoms with Gasteiger partial charge in [-0.15, -0.1) is 0 Å². The van der Waals surface area contributed by atoms with Crippen molar-refractivity contribution in [2.75, 3.05) is 11.5 Å². The summed E-state index contributed by atoms with van der Waals surface area (Å²) in [7, 11) is -8.59. The van der Waals surface area contributed by atoms with Crippen molar-refractivity contribution in [3.05, 3.63) is 0 Å². The second kappa shape index (κ2) is 4.39. The first kappa shape index (κ1) is 13.9. The van der Waals surface area contributed by atoms with Crippen LogP contribution in [-0.2, 0) is 37.3 Å². The third-order valence-electron chi connectivity index (χ3n) is 0.599. The zero-order chi connectivity index (χ0) is 8.41. The van der Waals surface area contributed by atoms with Crippen LogP contribution < -0.4 is 0 Å². The molecule has 1 radical (unpaired) electrons. The van der Waals surface area contributed by atoms with Crippen molar-refractivity contribution in [3.8, 4) is 0 Å². The van der Waals surface area contributed by atoms with Gasteiger partial charge in [0, 0.05) is 17.1 Å². The normalized spacial score (nSPS) is 12.2. The van der Waals surface area contributed by atoms with Crippen LogP contribution >= 0.6 is 0 Å². The first-order valence-corrected chi connectivity index (χ1v) is 5.33. The summed E-state index contributed by atoms with van der Waals surface area (Å²) in [5, 5.41) is 0. The molecule has 0 aromatic rings. The molecule has 0 bridgehead atoms. The molecule has 9 heteroatoms. The second-order valence-corrected chi connectivity index (χ2v) is 4.72. The Hall–Kier alpha value is 0.339. The van der Waals surface area contributed by atoms with Crippen LogP contribution in [0.3, 0.4) is 0 Å². The molecule has 0 aliphatic heterocycles. The fraction of sp³-hybridized carbons (Fsp3) is 1.00. The summed E-state index contributed by atoms with van der Waals surface area (Å²) in [5.41, 5.74) is 0. The monoisotopic (exact) mass is 253 g/mol. The molecule has 0 heterocycles. The fourth-order valence-corrected chi connectivity index (χ4v) is 1.90. The van der Waals surface area contributed by atoms with Gasteiger partial charge in [-0.05, 0) is 0 Å². The summed E-state index contributed by atoms with van der Waals surface area (Å²) in [5.74, 6) is -1.96. The van der Waals surface area contributed by atoms with Crippen molar-refractivity contribution in [3.63, 3.8) is 0 Å². The van der Waals surface area contributed by atoms with E-state index < -0.39 is 31.7 Å². The average molecular weight is 254 g/mol. The first-order valence-electron chi connectivity index (χ1n) is 2.11. The Morgan fingerprint density at radius 3 is 1.09 bits per heavy atom. The molecule has 0 saturated heterocycles. The van der Waals surface area contributed by atoms with Gasteiger partial charge in [-0.1, -0.05) is 0 Å². The number of rotatable bonds is 3. The van der Waals surface area contributed by atoms with E-state index in [1.807, 2.05) is 0 Å². The van der Waals surface area contributed by atoms with Crippen molar-refractivity contribution >= 4 is 20.2 Å². The topological polar surface area (TPSA) is 109 Å². The third kappa shape index (κ3) is 13.3. The van der Waals surface area contributed by atoms with Gasteiger partial charge in [-0.25, -0.2) is 0 Å². The van der Waals surface area contributed by atoms with Crippen LogP contribution in [-0.4, -0.2) is 37.4 Å². The Morgan fingerprint density at radius 1 is 0.818 bits per heavy atom. The van der Waals surface area contributed by atoms with Gasteiger partial charge in [0.1, 0.15) is 0 Å². The van der Waals surface area contributed by atoms with Crippen molar-refractivity contribution in [1.82, 2.24) is 0 Å². The summed E-state index contributed by atoms with van der Waals surface area (Å²) in [6.45, 7) is 0. The Kier molecular flexibility index (Phi) is 5.54. The van der Waals surface area contributed by atoms with Gasteiger partial charge in [0.15, 0.2) is 0 Å². The van der Waals surface area contributed by atoms with Gasteiger partial charge >= 0.3 is 0 Å². The molecule has 0 aliphatic carbocycles. The van der Waals surface area contributed by atoms with Crippen molar-refractivity contribution < 1.29 is 43.0 Å². The van der Waals surface area contributed by atoms with E-state index in [0.29, 0.717) is 0 Å². The second-order valence-electron chi connectivity index (χ2n) is 1.57. The maximum atomic E-state index is 9.86. The molecule has 0 atom stereocenters. The van der Waals surface area contributed by atoms with E-state index in [4.69, 9.17) is 9.11 Å². The molecule has 73 valence electrons. The zero-order valence-electron chi connectivity index (χ0n) is 5.06. The van der Waals surface area contributed by atoms with E-state index in [2.05, 4.69) is 0 Å². The Balaban J connectivity index is 0.